The third-order valence-corrected chi connectivity index (χ3v) is 6.36. The average molecular weight is 455 g/mol. The molecule has 0 N–H and O–H groups in total. The average Bonchev–Trinajstić information content (AvgIpc) is 2.66. The fraction of sp³-hybridized carbons (Fsp3) is 0.316. The zero-order valence-electron chi connectivity index (χ0n) is 15.3. The van der Waals surface area contributed by atoms with E-state index in [-0.39, 0.29) is 17.3 Å². The molecule has 146 valence electrons. The summed E-state index contributed by atoms with van der Waals surface area (Å²) in [5.41, 5.74) is 0.973. The summed E-state index contributed by atoms with van der Waals surface area (Å²) in [6.45, 7) is 0.919. The summed E-state index contributed by atoms with van der Waals surface area (Å²) in [5.74, 6) is -0.279. The first-order valence-electron chi connectivity index (χ1n) is 8.37. The van der Waals surface area contributed by atoms with Crippen LogP contribution in [0.5, 0.6) is 0 Å². The Bertz CT molecular complexity index is 842. The van der Waals surface area contributed by atoms with Crippen molar-refractivity contribution in [3.63, 3.8) is 0 Å². The van der Waals surface area contributed by atoms with Gasteiger partial charge in [0, 0.05) is 31.7 Å². The summed E-state index contributed by atoms with van der Waals surface area (Å²) in [7, 11) is -0.770. The van der Waals surface area contributed by atoms with E-state index in [2.05, 4.69) is 15.9 Å². The Labute approximate surface area is 168 Å². The molecule has 0 atom stereocenters. The zero-order valence-corrected chi connectivity index (χ0v) is 17.7. The highest BCUT2D eigenvalue weighted by molar-refractivity contribution is 9.10. The van der Waals surface area contributed by atoms with Crippen LogP contribution in [-0.2, 0) is 26.1 Å². The van der Waals surface area contributed by atoms with E-state index < -0.39 is 10.0 Å². The highest BCUT2D eigenvalue weighted by atomic mass is 79.9. The van der Waals surface area contributed by atoms with E-state index in [1.807, 2.05) is 30.3 Å². The van der Waals surface area contributed by atoms with Gasteiger partial charge in [0.2, 0.25) is 15.9 Å². The quantitative estimate of drug-likeness (QED) is 0.584. The number of halogens is 1. The molecule has 27 heavy (non-hydrogen) atoms. The summed E-state index contributed by atoms with van der Waals surface area (Å²) in [5, 5.41) is 0. The van der Waals surface area contributed by atoms with Crippen molar-refractivity contribution >= 4 is 31.9 Å². The standard InChI is InChI=1S/C19H23BrN2O4S/c1-21(27(24,25)18-10-8-17(20)9-11-18)15-19(23)22(12-13-26-2)14-16-6-4-3-5-7-16/h3-11H,12-15H2,1-2H3. The van der Waals surface area contributed by atoms with Crippen LogP contribution in [0.4, 0.5) is 0 Å². The molecule has 1 amide bonds. The Kier molecular flexibility index (Phi) is 7.97. The maximum atomic E-state index is 12.8. The summed E-state index contributed by atoms with van der Waals surface area (Å²) in [6.07, 6.45) is 0. The van der Waals surface area contributed by atoms with Crippen molar-refractivity contribution < 1.29 is 17.9 Å². The molecule has 0 spiro atoms. The minimum Gasteiger partial charge on any atom is -0.383 e. The predicted molar refractivity (Wildman–Crippen MR) is 108 cm³/mol. The van der Waals surface area contributed by atoms with Crippen LogP contribution in [0.1, 0.15) is 5.56 Å². The molecule has 0 radical (unpaired) electrons. The van der Waals surface area contributed by atoms with Gasteiger partial charge in [-0.05, 0) is 29.8 Å². The maximum absolute atomic E-state index is 12.8. The number of methoxy groups -OCH3 is 1. The van der Waals surface area contributed by atoms with Crippen LogP contribution in [0.15, 0.2) is 64.0 Å². The van der Waals surface area contributed by atoms with Gasteiger partial charge in [-0.3, -0.25) is 4.79 Å². The van der Waals surface area contributed by atoms with Crippen LogP contribution >= 0.6 is 15.9 Å². The van der Waals surface area contributed by atoms with Gasteiger partial charge in [-0.15, -0.1) is 0 Å². The summed E-state index contributed by atoms with van der Waals surface area (Å²) < 4.78 is 32.3. The third kappa shape index (κ3) is 6.14. The zero-order chi connectivity index (χ0) is 19.9. The molecule has 0 aliphatic heterocycles. The van der Waals surface area contributed by atoms with Crippen LogP contribution < -0.4 is 0 Å². The third-order valence-electron chi connectivity index (χ3n) is 4.01. The molecule has 0 fully saturated rings. The minimum atomic E-state index is -3.74. The van der Waals surface area contributed by atoms with Crippen LogP contribution in [0.25, 0.3) is 0 Å². The molecule has 2 aromatic carbocycles. The van der Waals surface area contributed by atoms with Crippen molar-refractivity contribution in [2.75, 3.05) is 33.9 Å². The molecule has 0 aliphatic carbocycles. The van der Waals surface area contributed by atoms with E-state index in [0.717, 1.165) is 14.3 Å². The van der Waals surface area contributed by atoms with Crippen molar-refractivity contribution in [1.29, 1.82) is 0 Å². The van der Waals surface area contributed by atoms with E-state index in [1.54, 1.807) is 24.1 Å². The Morgan fingerprint density at radius 1 is 1.07 bits per heavy atom. The fourth-order valence-corrected chi connectivity index (χ4v) is 3.84. The van der Waals surface area contributed by atoms with E-state index in [9.17, 15) is 13.2 Å². The first-order valence-corrected chi connectivity index (χ1v) is 10.6. The van der Waals surface area contributed by atoms with Gasteiger partial charge in [-0.2, -0.15) is 4.31 Å². The van der Waals surface area contributed by atoms with E-state index >= 15 is 0 Å². The number of likely N-dealkylation sites (N-methyl/N-ethyl adjacent to an activating group) is 1. The molecule has 6 nitrogen and oxygen atoms in total. The molecule has 0 aliphatic rings. The summed E-state index contributed by atoms with van der Waals surface area (Å²) in [6, 6.07) is 15.9. The van der Waals surface area contributed by atoms with Gasteiger partial charge >= 0.3 is 0 Å². The Morgan fingerprint density at radius 2 is 1.70 bits per heavy atom. The number of rotatable bonds is 9. The van der Waals surface area contributed by atoms with Crippen LogP contribution in [-0.4, -0.2) is 57.4 Å². The van der Waals surface area contributed by atoms with Gasteiger partial charge in [0.25, 0.3) is 0 Å². The summed E-state index contributed by atoms with van der Waals surface area (Å²) in [4.78, 5) is 14.5. The smallest absolute Gasteiger partial charge is 0.243 e. The molecule has 2 aromatic rings. The Balaban J connectivity index is 2.11. The maximum Gasteiger partial charge on any atom is 0.243 e. The molecular formula is C19H23BrN2O4S. The second kappa shape index (κ2) is 9.98. The van der Waals surface area contributed by atoms with Crippen LogP contribution in [0.3, 0.4) is 0 Å². The molecule has 8 heteroatoms. The second-order valence-corrected chi connectivity index (χ2v) is 8.97. The minimum absolute atomic E-state index is 0.146. The number of ether oxygens (including phenoxy) is 1. The number of carbonyl (C=O) groups excluding carboxylic acids is 1. The van der Waals surface area contributed by atoms with Crippen molar-refractivity contribution in [1.82, 2.24) is 9.21 Å². The lowest BCUT2D eigenvalue weighted by Crippen LogP contribution is -2.42. The number of carbonyl (C=O) groups is 1. The first kappa shape index (κ1) is 21.6. The van der Waals surface area contributed by atoms with E-state index in [1.165, 1.54) is 19.2 Å². The molecule has 0 heterocycles. The first-order chi connectivity index (χ1) is 12.8. The summed E-state index contributed by atoms with van der Waals surface area (Å²) >= 11 is 3.28. The van der Waals surface area contributed by atoms with Crippen molar-refractivity contribution in [2.45, 2.75) is 11.4 Å². The molecule has 0 aromatic heterocycles. The van der Waals surface area contributed by atoms with Gasteiger partial charge in [-0.25, -0.2) is 8.42 Å². The highest BCUT2D eigenvalue weighted by Crippen LogP contribution is 2.18. The number of benzene rings is 2. The Morgan fingerprint density at radius 3 is 2.30 bits per heavy atom. The van der Waals surface area contributed by atoms with Crippen molar-refractivity contribution in [3.8, 4) is 0 Å². The monoisotopic (exact) mass is 454 g/mol. The molecule has 0 unspecified atom stereocenters. The molecular weight excluding hydrogens is 432 g/mol. The topological polar surface area (TPSA) is 66.9 Å². The van der Waals surface area contributed by atoms with Crippen LogP contribution in [0.2, 0.25) is 0 Å². The predicted octanol–water partition coefficient (Wildman–Crippen LogP) is 2.74. The van der Waals surface area contributed by atoms with Gasteiger partial charge in [0.1, 0.15) is 0 Å². The van der Waals surface area contributed by atoms with E-state index in [0.29, 0.717) is 19.7 Å². The largest absolute Gasteiger partial charge is 0.383 e. The number of hydrogen-bond donors (Lipinski definition) is 0. The molecule has 2 rings (SSSR count). The van der Waals surface area contributed by atoms with Gasteiger partial charge < -0.3 is 9.64 Å². The fourth-order valence-electron chi connectivity index (χ4n) is 2.46. The molecule has 0 bridgehead atoms. The normalized spacial score (nSPS) is 11.6. The van der Waals surface area contributed by atoms with Crippen molar-refractivity contribution in [2.24, 2.45) is 0 Å². The SMILES string of the molecule is COCCN(Cc1ccccc1)C(=O)CN(C)S(=O)(=O)c1ccc(Br)cc1. The number of amides is 1. The lowest BCUT2D eigenvalue weighted by atomic mass is 10.2. The number of sulfonamides is 1. The van der Waals surface area contributed by atoms with Crippen LogP contribution in [0, 0.1) is 0 Å². The highest BCUT2D eigenvalue weighted by Gasteiger charge is 2.25. The number of nitrogens with zero attached hydrogens (tertiary/aromatic N) is 2. The van der Waals surface area contributed by atoms with Gasteiger partial charge in [-0.1, -0.05) is 46.3 Å². The molecule has 0 saturated carbocycles. The van der Waals surface area contributed by atoms with Crippen molar-refractivity contribution in [3.05, 3.63) is 64.6 Å². The van der Waals surface area contributed by atoms with E-state index in [4.69, 9.17) is 4.74 Å². The lowest BCUT2D eigenvalue weighted by Gasteiger charge is -2.25. The lowest BCUT2D eigenvalue weighted by molar-refractivity contribution is -0.132. The Hall–Kier alpha value is -1.74. The van der Waals surface area contributed by atoms with Gasteiger partial charge in [0.05, 0.1) is 18.0 Å². The van der Waals surface area contributed by atoms with Gasteiger partial charge in [0.15, 0.2) is 0 Å². The number of hydrogen-bond acceptors (Lipinski definition) is 4. The second-order valence-electron chi connectivity index (χ2n) is 6.01. The molecule has 0 saturated heterocycles.